The van der Waals surface area contributed by atoms with Crippen molar-refractivity contribution in [2.75, 3.05) is 0 Å². The van der Waals surface area contributed by atoms with Crippen molar-refractivity contribution in [1.29, 1.82) is 0 Å². The maximum atomic E-state index is 6.94. The van der Waals surface area contributed by atoms with Crippen molar-refractivity contribution in [1.82, 2.24) is 4.57 Å². The van der Waals surface area contributed by atoms with E-state index in [1.165, 1.54) is 10.9 Å². The van der Waals surface area contributed by atoms with Crippen LogP contribution in [0, 0.1) is 0 Å². The summed E-state index contributed by atoms with van der Waals surface area (Å²) in [6, 6.07) is 18.3. The first-order valence-corrected chi connectivity index (χ1v) is 9.27. The van der Waals surface area contributed by atoms with Crippen molar-refractivity contribution < 1.29 is 4.74 Å². The van der Waals surface area contributed by atoms with E-state index in [4.69, 9.17) is 22.1 Å². The van der Waals surface area contributed by atoms with Crippen molar-refractivity contribution in [3.8, 4) is 0 Å². The van der Waals surface area contributed by atoms with Crippen LogP contribution in [0.3, 0.4) is 0 Å². The highest BCUT2D eigenvalue weighted by atomic mass is 35.5. The molecule has 0 aliphatic heterocycles. The molecule has 3 nitrogen and oxygen atoms in total. The van der Waals surface area contributed by atoms with E-state index in [2.05, 4.69) is 41.1 Å². The molecule has 0 spiro atoms. The number of fused-ring (bicyclic) bond motifs is 1. The van der Waals surface area contributed by atoms with Gasteiger partial charge >= 0.3 is 0 Å². The summed E-state index contributed by atoms with van der Waals surface area (Å²) in [6.07, 6.45) is 6.21. The van der Waals surface area contributed by atoms with E-state index in [0.29, 0.717) is 6.61 Å². The van der Waals surface area contributed by atoms with E-state index in [9.17, 15) is 0 Å². The highest BCUT2D eigenvalue weighted by Gasteiger charge is 2.40. The van der Waals surface area contributed by atoms with Gasteiger partial charge < -0.3 is 15.0 Å². The summed E-state index contributed by atoms with van der Waals surface area (Å²) in [5.74, 6) is 0. The average molecular weight is 355 g/mol. The van der Waals surface area contributed by atoms with E-state index < -0.39 is 5.66 Å². The molecule has 2 aromatic carbocycles. The zero-order chi connectivity index (χ0) is 17.3. The standard InChI is InChI=1S/C21H23ClN2O/c22-18-9-3-1-8-17(18)15-25-20-11-5-6-13-21(20,23)24-14-12-16-7-2-4-10-19(16)24/h1-4,7-10,12,14,20H,5-6,11,13,15,23H2. The van der Waals surface area contributed by atoms with Crippen LogP contribution in [0.15, 0.2) is 60.8 Å². The molecule has 1 aliphatic carbocycles. The Bertz CT molecular complexity index is 875. The lowest BCUT2D eigenvalue weighted by atomic mass is 9.86. The van der Waals surface area contributed by atoms with Crippen LogP contribution < -0.4 is 5.73 Å². The number of nitrogens with two attached hydrogens (primary N) is 1. The largest absolute Gasteiger partial charge is 0.370 e. The zero-order valence-electron chi connectivity index (χ0n) is 14.2. The van der Waals surface area contributed by atoms with Gasteiger partial charge in [0.1, 0.15) is 5.66 Å². The average Bonchev–Trinajstić information content (AvgIpc) is 3.07. The van der Waals surface area contributed by atoms with Crippen LogP contribution in [0.25, 0.3) is 10.9 Å². The van der Waals surface area contributed by atoms with Crippen LogP contribution >= 0.6 is 11.6 Å². The van der Waals surface area contributed by atoms with E-state index in [0.717, 1.165) is 36.3 Å². The van der Waals surface area contributed by atoms with Crippen LogP contribution in [-0.4, -0.2) is 10.7 Å². The first-order valence-electron chi connectivity index (χ1n) is 8.89. The second-order valence-electron chi connectivity index (χ2n) is 6.87. The normalized spacial score (nSPS) is 23.8. The maximum Gasteiger partial charge on any atom is 0.119 e. The van der Waals surface area contributed by atoms with Crippen molar-refractivity contribution in [2.45, 2.75) is 44.1 Å². The summed E-state index contributed by atoms with van der Waals surface area (Å²) in [4.78, 5) is 0. The second-order valence-corrected chi connectivity index (χ2v) is 7.28. The third-order valence-electron chi connectivity index (χ3n) is 5.30. The number of rotatable bonds is 4. The SMILES string of the molecule is NC1(n2ccc3ccccc32)CCCCC1OCc1ccccc1Cl. The van der Waals surface area contributed by atoms with Crippen LogP contribution in [0.4, 0.5) is 0 Å². The topological polar surface area (TPSA) is 40.2 Å². The van der Waals surface area contributed by atoms with Gasteiger partial charge in [0.2, 0.25) is 0 Å². The molecule has 1 fully saturated rings. The van der Waals surface area contributed by atoms with E-state index in [-0.39, 0.29) is 6.10 Å². The van der Waals surface area contributed by atoms with E-state index in [1.54, 1.807) is 0 Å². The number of hydrogen-bond donors (Lipinski definition) is 1. The lowest BCUT2D eigenvalue weighted by Crippen LogP contribution is -2.55. The maximum absolute atomic E-state index is 6.94. The zero-order valence-corrected chi connectivity index (χ0v) is 15.0. The Balaban J connectivity index is 1.63. The van der Waals surface area contributed by atoms with Crippen LogP contribution in [-0.2, 0) is 17.0 Å². The second kappa shape index (κ2) is 6.83. The van der Waals surface area contributed by atoms with Gasteiger partial charge in [0, 0.05) is 16.7 Å². The Morgan fingerprint density at radius 3 is 2.76 bits per heavy atom. The van der Waals surface area contributed by atoms with Gasteiger partial charge in [-0.25, -0.2) is 0 Å². The minimum Gasteiger partial charge on any atom is -0.370 e. The summed E-state index contributed by atoms with van der Waals surface area (Å²) in [5, 5.41) is 1.95. The molecule has 0 amide bonds. The van der Waals surface area contributed by atoms with Gasteiger partial charge in [-0.1, -0.05) is 54.4 Å². The van der Waals surface area contributed by atoms with Gasteiger partial charge in [0.15, 0.2) is 0 Å². The lowest BCUT2D eigenvalue weighted by molar-refractivity contribution is -0.0642. The molecule has 2 N–H and O–H groups in total. The van der Waals surface area contributed by atoms with Crippen molar-refractivity contribution in [3.63, 3.8) is 0 Å². The lowest BCUT2D eigenvalue weighted by Gasteiger charge is -2.42. The van der Waals surface area contributed by atoms with E-state index >= 15 is 0 Å². The minimum atomic E-state index is -0.525. The van der Waals surface area contributed by atoms with E-state index in [1.807, 2.05) is 24.3 Å². The molecule has 1 aromatic heterocycles. The number of para-hydroxylation sites is 1. The molecule has 2 atom stereocenters. The number of aromatic nitrogens is 1. The number of ether oxygens (including phenoxy) is 1. The summed E-state index contributed by atoms with van der Waals surface area (Å²) in [5.41, 5.74) is 8.59. The Morgan fingerprint density at radius 1 is 1.08 bits per heavy atom. The Labute approximate surface area is 153 Å². The quantitative estimate of drug-likeness (QED) is 0.710. The minimum absolute atomic E-state index is 0.0340. The number of halogens is 1. The smallest absolute Gasteiger partial charge is 0.119 e. The first kappa shape index (κ1) is 16.6. The van der Waals surface area contributed by atoms with Crippen molar-refractivity contribution in [3.05, 3.63) is 71.4 Å². The summed E-state index contributed by atoms with van der Waals surface area (Å²) in [6.45, 7) is 0.489. The van der Waals surface area contributed by atoms with Gasteiger partial charge in [0.05, 0.1) is 12.7 Å². The molecule has 1 saturated carbocycles. The molecule has 1 aliphatic rings. The van der Waals surface area contributed by atoms with Crippen molar-refractivity contribution >= 4 is 22.5 Å². The van der Waals surface area contributed by atoms with Gasteiger partial charge in [0.25, 0.3) is 0 Å². The Kier molecular flexibility index (Phi) is 4.55. The molecule has 130 valence electrons. The van der Waals surface area contributed by atoms with Crippen LogP contribution in [0.5, 0.6) is 0 Å². The monoisotopic (exact) mass is 354 g/mol. The molecule has 4 rings (SSSR count). The number of hydrogen-bond acceptors (Lipinski definition) is 2. The predicted molar refractivity (Wildman–Crippen MR) is 103 cm³/mol. The molecular formula is C21H23ClN2O. The van der Waals surface area contributed by atoms with Gasteiger partial charge in [-0.2, -0.15) is 0 Å². The van der Waals surface area contributed by atoms with Crippen LogP contribution in [0.2, 0.25) is 5.02 Å². The molecule has 4 heteroatoms. The number of nitrogens with zero attached hydrogens (tertiary/aromatic N) is 1. The van der Waals surface area contributed by atoms with Gasteiger partial charge in [-0.3, -0.25) is 0 Å². The van der Waals surface area contributed by atoms with Gasteiger partial charge in [-0.05, 0) is 48.4 Å². The Hall–Kier alpha value is -1.81. The number of benzene rings is 2. The summed E-state index contributed by atoms with van der Waals surface area (Å²) in [7, 11) is 0. The van der Waals surface area contributed by atoms with Crippen molar-refractivity contribution in [2.24, 2.45) is 5.73 Å². The molecule has 3 aromatic rings. The summed E-state index contributed by atoms with van der Waals surface area (Å²) >= 11 is 6.27. The third kappa shape index (κ3) is 3.08. The molecular weight excluding hydrogens is 332 g/mol. The molecule has 0 bridgehead atoms. The molecule has 0 radical (unpaired) electrons. The highest BCUT2D eigenvalue weighted by molar-refractivity contribution is 6.31. The molecule has 1 heterocycles. The van der Waals surface area contributed by atoms with Crippen LogP contribution in [0.1, 0.15) is 31.2 Å². The summed E-state index contributed by atoms with van der Waals surface area (Å²) < 4.78 is 8.52. The third-order valence-corrected chi connectivity index (χ3v) is 5.67. The molecule has 2 unspecified atom stereocenters. The fraction of sp³-hybridized carbons (Fsp3) is 0.333. The fourth-order valence-corrected chi connectivity index (χ4v) is 4.09. The predicted octanol–water partition coefficient (Wildman–Crippen LogP) is 5.07. The highest BCUT2D eigenvalue weighted by Crippen LogP contribution is 2.36. The molecule has 25 heavy (non-hydrogen) atoms. The van der Waals surface area contributed by atoms with Gasteiger partial charge in [-0.15, -0.1) is 0 Å². The Morgan fingerprint density at radius 2 is 1.88 bits per heavy atom. The molecule has 0 saturated heterocycles. The first-order chi connectivity index (χ1) is 12.2. The fourth-order valence-electron chi connectivity index (χ4n) is 3.90.